The number of rotatable bonds is 8. The Hall–Kier alpha value is -2.60. The number of amides is 1. The van der Waals surface area contributed by atoms with Gasteiger partial charge in [0.1, 0.15) is 0 Å². The van der Waals surface area contributed by atoms with Crippen molar-refractivity contribution in [3.8, 4) is 5.82 Å². The molecule has 0 aliphatic heterocycles. The Balaban J connectivity index is 1.59. The van der Waals surface area contributed by atoms with Crippen molar-refractivity contribution in [2.24, 2.45) is 0 Å². The minimum absolute atomic E-state index is 0.0822. The molecule has 1 amide bonds. The van der Waals surface area contributed by atoms with Crippen LogP contribution in [0.2, 0.25) is 0 Å². The highest BCUT2D eigenvalue weighted by Crippen LogP contribution is 2.22. The maximum absolute atomic E-state index is 12.7. The maximum atomic E-state index is 12.7. The highest BCUT2D eigenvalue weighted by Gasteiger charge is 2.21. The van der Waals surface area contributed by atoms with Crippen LogP contribution < -0.4 is 5.32 Å². The molecule has 0 aliphatic carbocycles. The van der Waals surface area contributed by atoms with Crippen LogP contribution in [0.4, 0.5) is 0 Å². The molecular weight excluding hydrogens is 356 g/mol. The van der Waals surface area contributed by atoms with Gasteiger partial charge in [-0.15, -0.1) is 0 Å². The van der Waals surface area contributed by atoms with E-state index in [4.69, 9.17) is 0 Å². The zero-order chi connectivity index (χ0) is 19.1. The highest BCUT2D eigenvalue weighted by molar-refractivity contribution is 7.98. The van der Waals surface area contributed by atoms with Gasteiger partial charge >= 0.3 is 0 Å². The Bertz CT molecular complexity index is 862. The Morgan fingerprint density at radius 2 is 1.93 bits per heavy atom. The molecule has 0 saturated heterocycles. The van der Waals surface area contributed by atoms with Gasteiger partial charge in [-0.2, -0.15) is 16.9 Å². The van der Waals surface area contributed by atoms with Crippen molar-refractivity contribution < 1.29 is 4.79 Å². The first-order valence-electron chi connectivity index (χ1n) is 9.06. The average Bonchev–Trinajstić information content (AvgIpc) is 3.15. The molecule has 0 spiro atoms. The third kappa shape index (κ3) is 4.98. The number of nitrogens with one attached hydrogen (secondary N) is 1. The van der Waals surface area contributed by atoms with Gasteiger partial charge < -0.3 is 5.32 Å². The number of pyridine rings is 1. The summed E-state index contributed by atoms with van der Waals surface area (Å²) in [6, 6.07) is 16.0. The van der Waals surface area contributed by atoms with Crippen LogP contribution in [-0.2, 0) is 5.75 Å². The summed E-state index contributed by atoms with van der Waals surface area (Å²) >= 11 is 1.81. The Morgan fingerprint density at radius 3 is 2.63 bits per heavy atom. The molecule has 0 aliphatic rings. The fourth-order valence-corrected chi connectivity index (χ4v) is 3.67. The number of nitrogens with zero attached hydrogens (tertiary/aromatic N) is 3. The van der Waals surface area contributed by atoms with E-state index in [9.17, 15) is 4.79 Å². The molecule has 2 heterocycles. The van der Waals surface area contributed by atoms with Crippen molar-refractivity contribution in [2.75, 3.05) is 12.3 Å². The van der Waals surface area contributed by atoms with Gasteiger partial charge in [0.2, 0.25) is 0 Å². The summed E-state index contributed by atoms with van der Waals surface area (Å²) in [7, 11) is 0. The minimum atomic E-state index is -0.0822. The largest absolute Gasteiger partial charge is 0.351 e. The molecule has 0 bridgehead atoms. The molecule has 3 rings (SSSR count). The molecule has 3 aromatic rings. The molecule has 5 nitrogen and oxygen atoms in total. The number of thioether (sulfide) groups is 1. The zero-order valence-corrected chi connectivity index (χ0v) is 16.4. The normalized spacial score (nSPS) is 10.9. The summed E-state index contributed by atoms with van der Waals surface area (Å²) in [5.41, 5.74) is 2.79. The second-order valence-electron chi connectivity index (χ2n) is 6.49. The second kappa shape index (κ2) is 9.37. The lowest BCUT2D eigenvalue weighted by atomic mass is 10.1. The van der Waals surface area contributed by atoms with Gasteiger partial charge in [-0.1, -0.05) is 50.2 Å². The van der Waals surface area contributed by atoms with Crippen molar-refractivity contribution in [2.45, 2.75) is 25.5 Å². The molecule has 0 fully saturated rings. The van der Waals surface area contributed by atoms with Crippen molar-refractivity contribution >= 4 is 17.7 Å². The van der Waals surface area contributed by atoms with E-state index in [1.54, 1.807) is 17.1 Å². The molecule has 27 heavy (non-hydrogen) atoms. The summed E-state index contributed by atoms with van der Waals surface area (Å²) < 4.78 is 1.75. The fraction of sp³-hybridized carbons (Fsp3) is 0.286. The van der Waals surface area contributed by atoms with Gasteiger partial charge in [-0.05, 0) is 23.6 Å². The van der Waals surface area contributed by atoms with Gasteiger partial charge in [0.05, 0.1) is 17.5 Å². The summed E-state index contributed by atoms with van der Waals surface area (Å²) in [5.74, 6) is 2.61. The van der Waals surface area contributed by atoms with E-state index in [-0.39, 0.29) is 11.8 Å². The van der Waals surface area contributed by atoms with E-state index in [1.165, 1.54) is 5.56 Å². The molecule has 0 atom stereocenters. The van der Waals surface area contributed by atoms with Crippen LogP contribution in [0.1, 0.15) is 41.4 Å². The molecule has 2 aromatic heterocycles. The molecule has 0 radical (unpaired) electrons. The van der Waals surface area contributed by atoms with Crippen LogP contribution in [0.15, 0.2) is 60.9 Å². The number of carbonyl (C=O) groups excluding carboxylic acids is 1. The number of aromatic nitrogens is 3. The van der Waals surface area contributed by atoms with Crippen LogP contribution in [0.5, 0.6) is 0 Å². The predicted octanol–water partition coefficient (Wildman–Crippen LogP) is 4.05. The molecule has 1 N–H and O–H groups in total. The third-order valence-electron chi connectivity index (χ3n) is 4.11. The lowest BCUT2D eigenvalue weighted by Crippen LogP contribution is -2.27. The van der Waals surface area contributed by atoms with Gasteiger partial charge in [0.25, 0.3) is 5.91 Å². The summed E-state index contributed by atoms with van der Waals surface area (Å²) in [6.45, 7) is 4.74. The van der Waals surface area contributed by atoms with Crippen LogP contribution in [0.25, 0.3) is 5.82 Å². The molecule has 1 aromatic carbocycles. The fourth-order valence-electron chi connectivity index (χ4n) is 2.85. The van der Waals surface area contributed by atoms with Crippen LogP contribution >= 0.6 is 11.8 Å². The first-order chi connectivity index (χ1) is 13.2. The summed E-state index contributed by atoms with van der Waals surface area (Å²) in [6.07, 6.45) is 3.36. The van der Waals surface area contributed by atoms with Gasteiger partial charge in [0, 0.05) is 24.2 Å². The molecule has 0 unspecified atom stereocenters. The van der Waals surface area contributed by atoms with Gasteiger partial charge in [-0.3, -0.25) is 4.79 Å². The lowest BCUT2D eigenvalue weighted by Gasteiger charge is -2.12. The van der Waals surface area contributed by atoms with Crippen molar-refractivity contribution in [3.05, 3.63) is 77.7 Å². The Kier molecular flexibility index (Phi) is 6.65. The summed E-state index contributed by atoms with van der Waals surface area (Å²) in [5, 5.41) is 7.41. The lowest BCUT2D eigenvalue weighted by molar-refractivity contribution is 0.0955. The van der Waals surface area contributed by atoms with Crippen LogP contribution in [-0.4, -0.2) is 33.0 Å². The number of hydrogen-bond donors (Lipinski definition) is 1. The molecule has 0 saturated carbocycles. The third-order valence-corrected chi connectivity index (χ3v) is 5.14. The number of carbonyl (C=O) groups is 1. The van der Waals surface area contributed by atoms with E-state index in [0.29, 0.717) is 12.1 Å². The highest BCUT2D eigenvalue weighted by atomic mass is 32.2. The summed E-state index contributed by atoms with van der Waals surface area (Å²) in [4.78, 5) is 17.0. The predicted molar refractivity (Wildman–Crippen MR) is 110 cm³/mol. The maximum Gasteiger partial charge on any atom is 0.254 e. The first kappa shape index (κ1) is 19.2. The topological polar surface area (TPSA) is 59.8 Å². The zero-order valence-electron chi connectivity index (χ0n) is 15.6. The monoisotopic (exact) mass is 380 g/mol. The van der Waals surface area contributed by atoms with Gasteiger partial charge in [0.15, 0.2) is 5.82 Å². The van der Waals surface area contributed by atoms with E-state index < -0.39 is 0 Å². The SMILES string of the molecule is CC(C)c1c(C(=O)NCCSCc2ccccc2)cnn1-c1ccccn1. The Labute approximate surface area is 164 Å². The minimum Gasteiger partial charge on any atom is -0.351 e. The van der Waals surface area contributed by atoms with Gasteiger partial charge in [-0.25, -0.2) is 9.67 Å². The van der Waals surface area contributed by atoms with E-state index >= 15 is 0 Å². The second-order valence-corrected chi connectivity index (χ2v) is 7.60. The molecule has 140 valence electrons. The van der Waals surface area contributed by atoms with E-state index in [2.05, 4.69) is 41.4 Å². The van der Waals surface area contributed by atoms with Crippen molar-refractivity contribution in [1.29, 1.82) is 0 Å². The number of benzene rings is 1. The van der Waals surface area contributed by atoms with E-state index in [0.717, 1.165) is 23.0 Å². The standard InChI is InChI=1S/C21H24N4OS/c1-16(2)20-18(14-24-25(20)19-10-6-7-11-22-19)21(26)23-12-13-27-15-17-8-4-3-5-9-17/h3-11,14,16H,12-13,15H2,1-2H3,(H,23,26). The van der Waals surface area contributed by atoms with Crippen molar-refractivity contribution in [3.63, 3.8) is 0 Å². The Morgan fingerprint density at radius 1 is 1.15 bits per heavy atom. The van der Waals surface area contributed by atoms with Crippen LogP contribution in [0, 0.1) is 0 Å². The molecule has 6 heteroatoms. The molecular formula is C21H24N4OS. The first-order valence-corrected chi connectivity index (χ1v) is 10.2. The van der Waals surface area contributed by atoms with Crippen LogP contribution in [0.3, 0.4) is 0 Å². The van der Waals surface area contributed by atoms with Crippen molar-refractivity contribution in [1.82, 2.24) is 20.1 Å². The number of hydrogen-bond acceptors (Lipinski definition) is 4. The average molecular weight is 381 g/mol. The smallest absolute Gasteiger partial charge is 0.254 e. The quantitative estimate of drug-likeness (QED) is 0.599. The van der Waals surface area contributed by atoms with E-state index in [1.807, 2.05) is 48.2 Å².